The van der Waals surface area contributed by atoms with Crippen molar-refractivity contribution in [3.63, 3.8) is 0 Å². The molecule has 1 heterocycles. The summed E-state index contributed by atoms with van der Waals surface area (Å²) in [6.45, 7) is 9.92. The van der Waals surface area contributed by atoms with Crippen LogP contribution < -0.4 is 28.4 Å². The Morgan fingerprint density at radius 3 is 1.23 bits per heavy atom. The minimum atomic E-state index is -0.523. The third-order valence-electron chi connectivity index (χ3n) is 13.1. The van der Waals surface area contributed by atoms with Crippen LogP contribution in [0.15, 0.2) is 110 Å². The second-order valence-electron chi connectivity index (χ2n) is 18.7. The Morgan fingerprint density at radius 2 is 0.829 bits per heavy atom. The summed E-state index contributed by atoms with van der Waals surface area (Å²) in [5.41, 5.74) is 0.701. The van der Waals surface area contributed by atoms with Gasteiger partial charge in [0.25, 0.3) is 5.69 Å². The van der Waals surface area contributed by atoms with Crippen LogP contribution in [0, 0.1) is 33.8 Å². The van der Waals surface area contributed by atoms with Crippen molar-refractivity contribution in [3.05, 3.63) is 120 Å². The first-order chi connectivity index (χ1) is 39.9. The van der Waals surface area contributed by atoms with E-state index >= 15 is 0 Å². The molecule has 23 heteroatoms. The van der Waals surface area contributed by atoms with Crippen molar-refractivity contribution in [1.82, 2.24) is 4.98 Å². The smallest absolute Gasteiger partial charge is 0.330 e. The molecular formula is C59H64N2O20S. The topological polar surface area (TPSA) is 269 Å². The summed E-state index contributed by atoms with van der Waals surface area (Å²) < 4.78 is 66.5. The van der Waals surface area contributed by atoms with Crippen LogP contribution in [0.3, 0.4) is 0 Å². The number of hydrogen-bond donors (Lipinski definition) is 0. The molecule has 2 saturated carbocycles. The van der Waals surface area contributed by atoms with E-state index in [9.17, 15) is 38.9 Å². The first-order valence-electron chi connectivity index (χ1n) is 26.8. The van der Waals surface area contributed by atoms with E-state index in [4.69, 9.17) is 61.8 Å². The maximum absolute atomic E-state index is 13.8. The van der Waals surface area contributed by atoms with Gasteiger partial charge in [-0.2, -0.15) is 0 Å². The van der Waals surface area contributed by atoms with Crippen LogP contribution in [-0.4, -0.2) is 125 Å². The van der Waals surface area contributed by atoms with Crippen LogP contribution in [0.5, 0.6) is 34.5 Å². The molecule has 5 aromatic rings. The second-order valence-corrected chi connectivity index (χ2v) is 19.7. The lowest BCUT2D eigenvalue weighted by molar-refractivity contribution is -0.384. The van der Waals surface area contributed by atoms with Gasteiger partial charge in [0.15, 0.2) is 11.5 Å². The summed E-state index contributed by atoms with van der Waals surface area (Å²) in [5, 5.41) is 11.8. The lowest BCUT2D eigenvalue weighted by Crippen LogP contribution is -2.30. The van der Waals surface area contributed by atoms with Crippen LogP contribution in [0.2, 0.25) is 0 Å². The number of nitrogens with zero attached hydrogens (tertiary/aromatic N) is 2. The van der Waals surface area contributed by atoms with E-state index in [0.29, 0.717) is 129 Å². The summed E-state index contributed by atoms with van der Waals surface area (Å²) in [7, 11) is 0. The molecule has 2 aliphatic carbocycles. The zero-order valence-electron chi connectivity index (χ0n) is 45.1. The number of ether oxygens (including phenoxy) is 12. The minimum Gasteiger partial charge on any atom is -0.491 e. The highest BCUT2D eigenvalue weighted by Gasteiger charge is 2.35. The highest BCUT2D eigenvalue weighted by atomic mass is 32.1. The van der Waals surface area contributed by atoms with Crippen molar-refractivity contribution in [3.8, 4) is 45.1 Å². The van der Waals surface area contributed by atoms with Gasteiger partial charge in [-0.05, 0) is 124 Å². The van der Waals surface area contributed by atoms with Gasteiger partial charge in [0, 0.05) is 29.8 Å². The first kappa shape index (κ1) is 61.5. The highest BCUT2D eigenvalue weighted by molar-refractivity contribution is 7.22. The molecule has 0 radical (unpaired) electrons. The quantitative estimate of drug-likeness (QED) is 0.00971. The Morgan fingerprint density at radius 1 is 0.476 bits per heavy atom. The summed E-state index contributed by atoms with van der Waals surface area (Å²) in [4.78, 5) is 91.6. The molecule has 7 rings (SSSR count). The van der Waals surface area contributed by atoms with Crippen LogP contribution >= 0.6 is 11.3 Å². The maximum atomic E-state index is 13.8. The third kappa shape index (κ3) is 19.3. The van der Waals surface area contributed by atoms with Crippen molar-refractivity contribution >= 4 is 63.1 Å². The van der Waals surface area contributed by atoms with Gasteiger partial charge in [-0.15, -0.1) is 11.3 Å². The predicted octanol–water partition coefficient (Wildman–Crippen LogP) is 8.79. The van der Waals surface area contributed by atoms with Gasteiger partial charge in [-0.25, -0.2) is 14.6 Å². The van der Waals surface area contributed by atoms with Crippen LogP contribution in [-0.2, 0) is 57.2 Å². The Kier molecular flexibility index (Phi) is 24.3. The Bertz CT molecular complexity index is 2780. The molecule has 82 heavy (non-hydrogen) atoms. The fraction of sp³-hybridized carbons (Fsp3) is 0.407. The van der Waals surface area contributed by atoms with Crippen LogP contribution in [0.25, 0.3) is 20.8 Å². The number of rotatable bonds is 32. The number of thiazole rings is 1. The van der Waals surface area contributed by atoms with Crippen molar-refractivity contribution in [2.75, 3.05) is 79.3 Å². The molecule has 4 aromatic carbocycles. The van der Waals surface area contributed by atoms with Crippen LogP contribution in [0.1, 0.15) is 51.4 Å². The lowest BCUT2D eigenvalue weighted by atomic mass is 9.82. The van der Waals surface area contributed by atoms with Gasteiger partial charge in [0.05, 0.1) is 81.4 Å². The standard InChI is InChI=1S/C59H64N2O20S/c1-3-51(62)76-37-33-72-29-27-70-31-35-74-45-17-21-47(22-18-45)78-56(64)40-5-9-42(10-6-40)58(66)80-49-25-26-50(54-53(49)60-55(82-54)39-13-15-44(16-14-39)61(68)69)81-59(67)43-11-7-41(8-12-43)57(65)79-48-23-19-46(20-24-48)75-36-32-71-28-30-73-34-38-77-52(63)4-2/h3-4,13-26,40-43H,1-2,5-12,27-38H2. The lowest BCUT2D eigenvalue weighted by Gasteiger charge is -2.26. The van der Waals surface area contributed by atoms with E-state index in [1.807, 2.05) is 0 Å². The van der Waals surface area contributed by atoms with E-state index < -0.39 is 64.4 Å². The molecule has 2 fully saturated rings. The Labute approximate surface area is 476 Å². The maximum Gasteiger partial charge on any atom is 0.330 e. The molecule has 0 aliphatic heterocycles. The first-order valence-corrected chi connectivity index (χ1v) is 27.6. The van der Waals surface area contributed by atoms with Gasteiger partial charge in [0.2, 0.25) is 0 Å². The zero-order valence-corrected chi connectivity index (χ0v) is 45.9. The number of carbonyl (C=O) groups excluding carboxylic acids is 6. The Balaban J connectivity index is 0.849. The second kappa shape index (κ2) is 32.4. The van der Waals surface area contributed by atoms with Gasteiger partial charge in [0.1, 0.15) is 64.6 Å². The molecule has 0 saturated heterocycles. The van der Waals surface area contributed by atoms with E-state index in [-0.39, 0.29) is 62.3 Å². The van der Waals surface area contributed by atoms with E-state index in [1.165, 1.54) is 35.6 Å². The number of hydrogen-bond acceptors (Lipinski definition) is 22. The molecule has 0 amide bonds. The molecule has 0 atom stereocenters. The number of carbonyl (C=O) groups is 6. The molecule has 2 aliphatic rings. The average molecular weight is 1150 g/mol. The highest BCUT2D eigenvalue weighted by Crippen LogP contribution is 2.43. The van der Waals surface area contributed by atoms with Crippen molar-refractivity contribution in [2.45, 2.75) is 51.4 Å². The third-order valence-corrected chi connectivity index (χ3v) is 14.2. The number of nitro groups is 1. The number of aromatic nitrogens is 1. The fourth-order valence-corrected chi connectivity index (χ4v) is 9.73. The summed E-state index contributed by atoms with van der Waals surface area (Å²) >= 11 is 1.17. The summed E-state index contributed by atoms with van der Waals surface area (Å²) in [5.74, 6) is -2.62. The van der Waals surface area contributed by atoms with E-state index in [0.717, 1.165) is 12.2 Å². The molecule has 1 aromatic heterocycles. The monoisotopic (exact) mass is 1150 g/mol. The SMILES string of the molecule is C=CC(=O)OCCOCCOCCOc1ccc(OC(=O)C2CCC(C(=O)Oc3ccc(OC(=O)C4CCC(C(=O)Oc5ccc(OCCOCCOCCOC(=O)C=C)cc5)CC4)c4sc(-c5ccc([N+](=O)[O-])cc5)nc34)CC2)cc1. The number of esters is 6. The number of fused-ring (bicyclic) bond motifs is 1. The van der Waals surface area contributed by atoms with Crippen molar-refractivity contribution in [1.29, 1.82) is 0 Å². The predicted molar refractivity (Wildman–Crippen MR) is 295 cm³/mol. The van der Waals surface area contributed by atoms with E-state index in [2.05, 4.69) is 13.2 Å². The Hall–Kier alpha value is -8.09. The molecule has 0 bridgehead atoms. The fourth-order valence-electron chi connectivity index (χ4n) is 8.69. The normalized spacial score (nSPS) is 16.7. The minimum absolute atomic E-state index is 0.106. The van der Waals surface area contributed by atoms with Gasteiger partial charge >= 0.3 is 35.8 Å². The average Bonchev–Trinajstić information content (AvgIpc) is 4.15. The summed E-state index contributed by atoms with van der Waals surface area (Å²) in [6.07, 6.45) is 5.24. The molecule has 0 spiro atoms. The molecule has 0 unspecified atom stereocenters. The van der Waals surface area contributed by atoms with Crippen molar-refractivity contribution < 1.29 is 90.5 Å². The number of nitro benzene ring substituents is 1. The van der Waals surface area contributed by atoms with Crippen LogP contribution in [0.4, 0.5) is 5.69 Å². The molecule has 22 nitrogen and oxygen atoms in total. The largest absolute Gasteiger partial charge is 0.491 e. The number of benzene rings is 4. The molecular weight excluding hydrogens is 1090 g/mol. The number of non-ortho nitro benzene ring substituents is 1. The summed E-state index contributed by atoms with van der Waals surface area (Å²) in [6, 6.07) is 22.1. The van der Waals surface area contributed by atoms with Gasteiger partial charge in [-0.3, -0.25) is 29.3 Å². The zero-order chi connectivity index (χ0) is 58.1. The molecule has 436 valence electrons. The van der Waals surface area contributed by atoms with Gasteiger partial charge in [-0.1, -0.05) is 13.2 Å². The van der Waals surface area contributed by atoms with Crippen molar-refractivity contribution in [2.24, 2.45) is 23.7 Å². The van der Waals surface area contributed by atoms with Gasteiger partial charge < -0.3 is 56.8 Å². The van der Waals surface area contributed by atoms with E-state index in [1.54, 1.807) is 60.7 Å². The molecule has 0 N–H and O–H groups in total.